The van der Waals surface area contributed by atoms with Crippen molar-refractivity contribution in [2.24, 2.45) is 0 Å². The van der Waals surface area contributed by atoms with Gasteiger partial charge in [-0.25, -0.2) is 4.39 Å². The van der Waals surface area contributed by atoms with Crippen molar-refractivity contribution in [2.75, 3.05) is 7.11 Å². The maximum absolute atomic E-state index is 12.8. The Morgan fingerprint density at radius 3 is 2.26 bits per heavy atom. The molecule has 0 aliphatic heterocycles. The Morgan fingerprint density at radius 2 is 1.74 bits per heavy atom. The fraction of sp³-hybridized carbons (Fsp3) is 0.0625. The lowest BCUT2D eigenvalue weighted by molar-refractivity contribution is 0.415. The molecule has 0 aliphatic rings. The van der Waals surface area contributed by atoms with Crippen molar-refractivity contribution in [1.82, 2.24) is 0 Å². The van der Waals surface area contributed by atoms with E-state index in [1.807, 2.05) is 24.3 Å². The summed E-state index contributed by atoms with van der Waals surface area (Å²) in [5.74, 6) is 0.447. The van der Waals surface area contributed by atoms with E-state index in [4.69, 9.17) is 4.74 Å². The average Bonchev–Trinajstić information content (AvgIpc) is 2.46. The van der Waals surface area contributed by atoms with Gasteiger partial charge in [0.05, 0.1) is 18.8 Å². The van der Waals surface area contributed by atoms with E-state index >= 15 is 0 Å². The molecule has 0 amide bonds. The number of methoxy groups -OCH3 is 1. The smallest absolute Gasteiger partial charge is 0.123 e. The molecule has 0 fully saturated rings. The molecule has 2 nitrogen and oxygen atoms in total. The fourth-order valence-electron chi connectivity index (χ4n) is 1.68. The quantitative estimate of drug-likeness (QED) is 0.614. The maximum atomic E-state index is 12.8. The van der Waals surface area contributed by atoms with Gasteiger partial charge >= 0.3 is 0 Å². The predicted molar refractivity (Wildman–Crippen MR) is 72.9 cm³/mol. The molecule has 94 valence electrons. The van der Waals surface area contributed by atoms with E-state index in [1.165, 1.54) is 12.1 Å². The van der Waals surface area contributed by atoms with Gasteiger partial charge in [0.25, 0.3) is 0 Å². The number of ether oxygens (including phenoxy) is 1. The molecule has 2 rings (SSSR count). The molecule has 0 radical (unpaired) electrons. The molecule has 2 aromatic carbocycles. The highest BCUT2D eigenvalue weighted by Gasteiger charge is 2.01. The third-order valence-electron chi connectivity index (χ3n) is 2.70. The van der Waals surface area contributed by atoms with Crippen molar-refractivity contribution in [3.05, 3.63) is 65.5 Å². The van der Waals surface area contributed by atoms with Gasteiger partial charge in [-0.1, -0.05) is 24.3 Å². The Kier molecular flexibility index (Phi) is 3.94. The maximum Gasteiger partial charge on any atom is 0.123 e. The van der Waals surface area contributed by atoms with Crippen LogP contribution in [0, 0.1) is 17.1 Å². The normalized spacial score (nSPS) is 10.9. The highest BCUT2D eigenvalue weighted by atomic mass is 19.1. The van der Waals surface area contributed by atoms with Crippen molar-refractivity contribution < 1.29 is 9.13 Å². The molecule has 0 saturated heterocycles. The van der Waals surface area contributed by atoms with Gasteiger partial charge in [-0.3, -0.25) is 0 Å². The standard InChI is InChI=1S/C16H12FNO/c1-19-16-8-2-12(3-9-16)10-14(11-18)13-4-6-15(17)7-5-13/h2-10H,1H3. The van der Waals surface area contributed by atoms with Crippen molar-refractivity contribution in [2.45, 2.75) is 0 Å². The van der Waals surface area contributed by atoms with E-state index in [9.17, 15) is 9.65 Å². The summed E-state index contributed by atoms with van der Waals surface area (Å²) in [4.78, 5) is 0. The van der Waals surface area contributed by atoms with E-state index in [0.29, 0.717) is 11.1 Å². The number of benzene rings is 2. The molecule has 0 heterocycles. The van der Waals surface area contributed by atoms with Crippen LogP contribution in [0.4, 0.5) is 4.39 Å². The molecule has 0 unspecified atom stereocenters. The second-order valence-corrected chi connectivity index (χ2v) is 3.95. The number of hydrogen-bond acceptors (Lipinski definition) is 2. The zero-order chi connectivity index (χ0) is 13.7. The van der Waals surface area contributed by atoms with Crippen LogP contribution in [0.2, 0.25) is 0 Å². The van der Waals surface area contributed by atoms with Gasteiger partial charge < -0.3 is 4.74 Å². The van der Waals surface area contributed by atoms with Crippen LogP contribution < -0.4 is 4.74 Å². The molecule has 0 spiro atoms. The first-order valence-corrected chi connectivity index (χ1v) is 5.75. The summed E-state index contributed by atoms with van der Waals surface area (Å²) in [5, 5.41) is 9.17. The van der Waals surface area contributed by atoms with Crippen LogP contribution in [0.15, 0.2) is 48.5 Å². The summed E-state index contributed by atoms with van der Waals surface area (Å²) in [6.07, 6.45) is 1.76. The Hall–Kier alpha value is -2.60. The molecule has 0 aromatic heterocycles. The van der Waals surface area contributed by atoms with Gasteiger partial charge in [0, 0.05) is 0 Å². The Labute approximate surface area is 111 Å². The molecule has 19 heavy (non-hydrogen) atoms. The molecular weight excluding hydrogens is 241 g/mol. The summed E-state index contributed by atoms with van der Waals surface area (Å²) in [5.41, 5.74) is 2.08. The lowest BCUT2D eigenvalue weighted by Crippen LogP contribution is -1.84. The molecule has 0 N–H and O–H groups in total. The molecule has 2 aromatic rings. The summed E-state index contributed by atoms with van der Waals surface area (Å²) in [6, 6.07) is 15.4. The van der Waals surface area contributed by atoms with Gasteiger partial charge in [0.1, 0.15) is 11.6 Å². The highest BCUT2D eigenvalue weighted by Crippen LogP contribution is 2.19. The molecule has 0 bridgehead atoms. The first-order valence-electron chi connectivity index (χ1n) is 5.75. The largest absolute Gasteiger partial charge is 0.497 e. The zero-order valence-corrected chi connectivity index (χ0v) is 10.4. The first-order chi connectivity index (χ1) is 9.22. The van der Waals surface area contributed by atoms with E-state index in [-0.39, 0.29) is 5.82 Å². The molecule has 0 atom stereocenters. The number of allylic oxidation sites excluding steroid dienone is 1. The fourth-order valence-corrected chi connectivity index (χ4v) is 1.68. The minimum atomic E-state index is -0.314. The lowest BCUT2D eigenvalue weighted by Gasteiger charge is -2.01. The third-order valence-corrected chi connectivity index (χ3v) is 2.70. The highest BCUT2D eigenvalue weighted by molar-refractivity contribution is 5.89. The Morgan fingerprint density at radius 1 is 1.11 bits per heavy atom. The van der Waals surface area contributed by atoms with Gasteiger partial charge in [-0.05, 0) is 41.5 Å². The van der Waals surface area contributed by atoms with Crippen LogP contribution in [0.1, 0.15) is 11.1 Å². The number of rotatable bonds is 3. The Bertz CT molecular complexity index is 621. The molecular formula is C16H12FNO. The van der Waals surface area contributed by atoms with E-state index in [0.717, 1.165) is 11.3 Å². The van der Waals surface area contributed by atoms with E-state index < -0.39 is 0 Å². The summed E-state index contributed by atoms with van der Waals surface area (Å²) >= 11 is 0. The van der Waals surface area contributed by atoms with Crippen LogP contribution in [0.3, 0.4) is 0 Å². The summed E-state index contributed by atoms with van der Waals surface area (Å²) in [6.45, 7) is 0. The SMILES string of the molecule is COc1ccc(C=C(C#N)c2ccc(F)cc2)cc1. The van der Waals surface area contributed by atoms with E-state index in [1.54, 1.807) is 25.3 Å². The molecule has 0 aliphatic carbocycles. The average molecular weight is 253 g/mol. The van der Waals surface area contributed by atoms with Crippen LogP contribution >= 0.6 is 0 Å². The van der Waals surface area contributed by atoms with Crippen LogP contribution in [0.25, 0.3) is 11.6 Å². The minimum Gasteiger partial charge on any atom is -0.497 e. The van der Waals surface area contributed by atoms with Crippen molar-refractivity contribution >= 4 is 11.6 Å². The topological polar surface area (TPSA) is 33.0 Å². The number of nitriles is 1. The van der Waals surface area contributed by atoms with Gasteiger partial charge in [-0.2, -0.15) is 5.26 Å². The van der Waals surface area contributed by atoms with E-state index in [2.05, 4.69) is 6.07 Å². The lowest BCUT2D eigenvalue weighted by atomic mass is 10.0. The Balaban J connectivity index is 2.33. The van der Waals surface area contributed by atoms with Crippen molar-refractivity contribution in [3.8, 4) is 11.8 Å². The first kappa shape index (κ1) is 12.8. The number of halogens is 1. The third kappa shape index (κ3) is 3.20. The second kappa shape index (κ2) is 5.83. The predicted octanol–water partition coefficient (Wildman–Crippen LogP) is 3.90. The van der Waals surface area contributed by atoms with Gasteiger partial charge in [0.15, 0.2) is 0 Å². The van der Waals surface area contributed by atoms with Gasteiger partial charge in [0.2, 0.25) is 0 Å². The summed E-state index contributed by atoms with van der Waals surface area (Å²) in [7, 11) is 1.60. The second-order valence-electron chi connectivity index (χ2n) is 3.95. The van der Waals surface area contributed by atoms with Crippen LogP contribution in [0.5, 0.6) is 5.75 Å². The van der Waals surface area contributed by atoms with Crippen molar-refractivity contribution in [1.29, 1.82) is 5.26 Å². The number of nitrogens with zero attached hydrogens (tertiary/aromatic N) is 1. The van der Waals surface area contributed by atoms with Gasteiger partial charge in [-0.15, -0.1) is 0 Å². The monoisotopic (exact) mass is 253 g/mol. The van der Waals surface area contributed by atoms with Crippen molar-refractivity contribution in [3.63, 3.8) is 0 Å². The number of hydrogen-bond donors (Lipinski definition) is 0. The summed E-state index contributed by atoms with van der Waals surface area (Å²) < 4.78 is 17.9. The van der Waals surface area contributed by atoms with Crippen LogP contribution in [-0.4, -0.2) is 7.11 Å². The minimum absolute atomic E-state index is 0.314. The molecule has 0 saturated carbocycles. The molecule has 3 heteroatoms. The zero-order valence-electron chi connectivity index (χ0n) is 10.4. The van der Waals surface area contributed by atoms with Crippen LogP contribution in [-0.2, 0) is 0 Å².